The lowest BCUT2D eigenvalue weighted by Gasteiger charge is -2.49. The van der Waals surface area contributed by atoms with Crippen molar-refractivity contribution in [1.82, 2.24) is 0 Å². The van der Waals surface area contributed by atoms with Gasteiger partial charge < -0.3 is 19.7 Å². The van der Waals surface area contributed by atoms with E-state index in [1.165, 1.54) is 6.92 Å². The highest BCUT2D eigenvalue weighted by Gasteiger charge is 2.76. The van der Waals surface area contributed by atoms with Gasteiger partial charge in [0.25, 0.3) is 0 Å². The van der Waals surface area contributed by atoms with Crippen LogP contribution in [0.5, 0.6) is 0 Å². The monoisotopic (exact) mass is 474 g/mol. The summed E-state index contributed by atoms with van der Waals surface area (Å²) in [5.74, 6) is -2.02. The van der Waals surface area contributed by atoms with E-state index in [0.717, 1.165) is 6.42 Å². The van der Waals surface area contributed by atoms with Crippen molar-refractivity contribution in [3.63, 3.8) is 0 Å². The van der Waals surface area contributed by atoms with Crippen LogP contribution < -0.4 is 0 Å². The number of hydrogen-bond donors (Lipinski definition) is 2. The third-order valence-corrected chi connectivity index (χ3v) is 9.41. The van der Waals surface area contributed by atoms with Gasteiger partial charge in [-0.25, -0.2) is 0 Å². The van der Waals surface area contributed by atoms with Crippen molar-refractivity contribution in [3.05, 3.63) is 23.3 Å². The van der Waals surface area contributed by atoms with Crippen molar-refractivity contribution in [2.75, 3.05) is 6.61 Å². The highest BCUT2D eigenvalue weighted by atomic mass is 16.6. The molecular weight excluding hydrogens is 436 g/mol. The SMILES string of the molecule is CCC(C)C(=O)O[C@H]1C(C)=CC23C(=O)C(C=C(COC(C)=O)C(O)[C@]12O)[C@H]1[C@@H](CC3C)C1(C)C. The number of Topliss-reactive ketones (excluding diaryl/α,β-unsaturated/α-hetero) is 1. The van der Waals surface area contributed by atoms with Crippen LogP contribution in [-0.2, 0) is 23.9 Å². The maximum atomic E-state index is 14.4. The molecule has 188 valence electrons. The zero-order valence-electron chi connectivity index (χ0n) is 21.3. The van der Waals surface area contributed by atoms with Crippen molar-refractivity contribution in [1.29, 1.82) is 0 Å². The molecule has 2 N–H and O–H groups in total. The minimum absolute atomic E-state index is 0.0492. The second kappa shape index (κ2) is 8.02. The minimum atomic E-state index is -2.10. The number of carbonyl (C=O) groups excluding carboxylic acids is 3. The van der Waals surface area contributed by atoms with Crippen LogP contribution in [0.4, 0.5) is 0 Å². The van der Waals surface area contributed by atoms with Gasteiger partial charge in [0.2, 0.25) is 0 Å². The maximum absolute atomic E-state index is 14.4. The van der Waals surface area contributed by atoms with Crippen LogP contribution in [0.15, 0.2) is 23.3 Å². The summed E-state index contributed by atoms with van der Waals surface area (Å²) in [6.45, 7) is 12.6. The first-order valence-corrected chi connectivity index (χ1v) is 12.4. The van der Waals surface area contributed by atoms with Gasteiger partial charge in [0.1, 0.15) is 12.7 Å². The first-order chi connectivity index (χ1) is 15.7. The van der Waals surface area contributed by atoms with Gasteiger partial charge in [0.05, 0.1) is 11.3 Å². The lowest BCUT2D eigenvalue weighted by molar-refractivity contribution is -0.205. The van der Waals surface area contributed by atoms with Crippen LogP contribution in [-0.4, -0.2) is 52.4 Å². The van der Waals surface area contributed by atoms with Gasteiger partial charge in [-0.1, -0.05) is 46.8 Å². The Morgan fingerprint density at radius 1 is 1.29 bits per heavy atom. The van der Waals surface area contributed by atoms with E-state index in [1.807, 2.05) is 13.8 Å². The largest absolute Gasteiger partial charge is 0.461 e. The third-order valence-electron chi connectivity index (χ3n) is 9.41. The van der Waals surface area contributed by atoms with E-state index in [0.29, 0.717) is 12.0 Å². The van der Waals surface area contributed by atoms with Crippen LogP contribution in [0.1, 0.15) is 61.3 Å². The Kier molecular flexibility index (Phi) is 5.92. The summed E-state index contributed by atoms with van der Waals surface area (Å²) >= 11 is 0. The Labute approximate surface area is 201 Å². The molecule has 34 heavy (non-hydrogen) atoms. The quantitative estimate of drug-likeness (QED) is 0.466. The van der Waals surface area contributed by atoms with Gasteiger partial charge in [-0.15, -0.1) is 0 Å². The van der Waals surface area contributed by atoms with Crippen molar-refractivity contribution in [3.8, 4) is 0 Å². The molecule has 4 aliphatic carbocycles. The van der Waals surface area contributed by atoms with Gasteiger partial charge in [0.15, 0.2) is 17.5 Å². The van der Waals surface area contributed by atoms with E-state index >= 15 is 0 Å². The van der Waals surface area contributed by atoms with E-state index in [2.05, 4.69) is 13.8 Å². The molecule has 9 atom stereocenters. The Morgan fingerprint density at radius 2 is 1.94 bits per heavy atom. The number of allylic oxidation sites excluding steroid dienone is 1. The van der Waals surface area contributed by atoms with Gasteiger partial charge in [-0.2, -0.15) is 0 Å². The van der Waals surface area contributed by atoms with E-state index < -0.39 is 47.0 Å². The highest BCUT2D eigenvalue weighted by Crippen LogP contribution is 2.71. The number of carbonyl (C=O) groups is 3. The summed E-state index contributed by atoms with van der Waals surface area (Å²) in [7, 11) is 0. The topological polar surface area (TPSA) is 110 Å². The molecule has 0 radical (unpaired) electrons. The van der Waals surface area contributed by atoms with E-state index in [1.54, 1.807) is 26.0 Å². The number of ketones is 1. The van der Waals surface area contributed by atoms with Gasteiger partial charge in [0, 0.05) is 12.8 Å². The zero-order chi connectivity index (χ0) is 25.4. The Morgan fingerprint density at radius 3 is 2.53 bits per heavy atom. The molecule has 2 bridgehead atoms. The predicted octanol–water partition coefficient (Wildman–Crippen LogP) is 2.98. The molecule has 0 aliphatic heterocycles. The molecule has 1 spiro atoms. The summed E-state index contributed by atoms with van der Waals surface area (Å²) in [6.07, 6.45) is 2.02. The molecule has 0 aromatic heterocycles. The van der Waals surface area contributed by atoms with E-state index in [4.69, 9.17) is 9.47 Å². The van der Waals surface area contributed by atoms with Gasteiger partial charge in [-0.05, 0) is 54.1 Å². The second-order valence-corrected chi connectivity index (χ2v) is 11.6. The summed E-state index contributed by atoms with van der Waals surface area (Å²) in [4.78, 5) is 38.8. The highest BCUT2D eigenvalue weighted by molar-refractivity contribution is 5.95. The Hall–Kier alpha value is -1.99. The molecule has 0 aromatic carbocycles. The molecule has 4 rings (SSSR count). The van der Waals surface area contributed by atoms with Crippen molar-refractivity contribution >= 4 is 17.7 Å². The Bertz CT molecular complexity index is 977. The first-order valence-electron chi connectivity index (χ1n) is 12.4. The standard InChI is InChI=1S/C27H38O7/c1-8-13(2)24(31)34-23-14(3)11-26-15(4)9-19-20(25(19,6)7)18(22(26)30)10-17(12-33-16(5)28)21(29)27(23,26)32/h10-11,13,15,18-21,23,29,32H,8-9,12H2,1-7H3/t13?,15?,18?,19-,20+,21?,23+,26?,27+/m1/s1. The summed E-state index contributed by atoms with van der Waals surface area (Å²) in [5.41, 5.74) is -2.73. The number of esters is 2. The Balaban J connectivity index is 1.88. The van der Waals surface area contributed by atoms with Crippen LogP contribution in [0, 0.1) is 40.4 Å². The average molecular weight is 475 g/mol. The molecule has 0 saturated heterocycles. The van der Waals surface area contributed by atoms with Gasteiger partial charge >= 0.3 is 11.9 Å². The fourth-order valence-electron chi connectivity index (χ4n) is 7.17. The molecule has 7 nitrogen and oxygen atoms in total. The fourth-order valence-corrected chi connectivity index (χ4v) is 7.17. The van der Waals surface area contributed by atoms with Crippen LogP contribution in [0.25, 0.3) is 0 Å². The van der Waals surface area contributed by atoms with Gasteiger partial charge in [-0.3, -0.25) is 14.4 Å². The third kappa shape index (κ3) is 3.19. The average Bonchev–Trinajstić information content (AvgIpc) is 3.26. The number of ether oxygens (including phenoxy) is 2. The van der Waals surface area contributed by atoms with Crippen molar-refractivity contribution in [2.24, 2.45) is 40.4 Å². The number of fused-ring (bicyclic) bond motifs is 3. The molecule has 4 aliphatic rings. The summed E-state index contributed by atoms with van der Waals surface area (Å²) < 4.78 is 11.1. The molecule has 5 unspecified atom stereocenters. The molecule has 0 aromatic rings. The molecular formula is C27H38O7. The lowest BCUT2D eigenvalue weighted by atomic mass is 9.59. The molecule has 2 saturated carbocycles. The molecule has 2 fully saturated rings. The van der Waals surface area contributed by atoms with Crippen molar-refractivity contribution in [2.45, 2.75) is 79.1 Å². The summed E-state index contributed by atoms with van der Waals surface area (Å²) in [6, 6.07) is 0. The number of rotatable bonds is 5. The second-order valence-electron chi connectivity index (χ2n) is 11.6. The molecule has 0 heterocycles. The van der Waals surface area contributed by atoms with Crippen molar-refractivity contribution < 1.29 is 34.1 Å². The zero-order valence-corrected chi connectivity index (χ0v) is 21.3. The number of aliphatic hydroxyl groups is 2. The normalized spacial score (nSPS) is 42.8. The van der Waals surface area contributed by atoms with Crippen LogP contribution in [0.2, 0.25) is 0 Å². The van der Waals surface area contributed by atoms with E-state index in [-0.39, 0.29) is 41.1 Å². The van der Waals surface area contributed by atoms with Crippen LogP contribution >= 0.6 is 0 Å². The fraction of sp³-hybridized carbons (Fsp3) is 0.741. The first kappa shape index (κ1) is 25.1. The number of aliphatic hydroxyl groups excluding tert-OH is 1. The lowest BCUT2D eigenvalue weighted by Crippen LogP contribution is -2.66. The number of hydrogen-bond acceptors (Lipinski definition) is 7. The minimum Gasteiger partial charge on any atom is -0.461 e. The molecule has 7 heteroatoms. The maximum Gasteiger partial charge on any atom is 0.309 e. The predicted molar refractivity (Wildman–Crippen MR) is 124 cm³/mol. The molecule has 0 amide bonds. The van der Waals surface area contributed by atoms with E-state index in [9.17, 15) is 24.6 Å². The van der Waals surface area contributed by atoms with Crippen LogP contribution in [0.3, 0.4) is 0 Å². The smallest absolute Gasteiger partial charge is 0.309 e. The summed E-state index contributed by atoms with van der Waals surface area (Å²) in [5, 5.41) is 24.1.